The molecule has 1 atom stereocenters. The molecule has 0 radical (unpaired) electrons. The summed E-state index contributed by atoms with van der Waals surface area (Å²) in [6.07, 6.45) is 2.54. The smallest absolute Gasteiger partial charge is 0.0731 e. The standard InChI is InChI=1S/C15H24BrNO/c1-4-8-17-10-13-6-7-14(15(16)9-13)11-18-12(3)5-2/h6-7,9,12,17H,4-5,8,10-11H2,1-3H3. The van der Waals surface area contributed by atoms with Crippen molar-refractivity contribution in [1.82, 2.24) is 5.32 Å². The van der Waals surface area contributed by atoms with Gasteiger partial charge in [-0.15, -0.1) is 0 Å². The van der Waals surface area contributed by atoms with Crippen molar-refractivity contribution < 1.29 is 4.74 Å². The molecule has 0 heterocycles. The van der Waals surface area contributed by atoms with Crippen molar-refractivity contribution in [2.45, 2.75) is 52.9 Å². The number of nitrogens with one attached hydrogen (secondary N) is 1. The molecule has 102 valence electrons. The van der Waals surface area contributed by atoms with Crippen molar-refractivity contribution >= 4 is 15.9 Å². The topological polar surface area (TPSA) is 21.3 Å². The summed E-state index contributed by atoms with van der Waals surface area (Å²) in [5.74, 6) is 0. The number of hydrogen-bond acceptors (Lipinski definition) is 2. The van der Waals surface area contributed by atoms with Crippen molar-refractivity contribution in [3.8, 4) is 0 Å². The molecule has 3 heteroatoms. The van der Waals surface area contributed by atoms with E-state index in [1.54, 1.807) is 0 Å². The SMILES string of the molecule is CCCNCc1ccc(COC(C)CC)c(Br)c1. The molecule has 0 aliphatic heterocycles. The van der Waals surface area contributed by atoms with E-state index in [0.29, 0.717) is 12.7 Å². The Morgan fingerprint density at radius 1 is 1.33 bits per heavy atom. The van der Waals surface area contributed by atoms with Crippen LogP contribution in [0.1, 0.15) is 44.7 Å². The Balaban J connectivity index is 2.51. The summed E-state index contributed by atoms with van der Waals surface area (Å²) in [6.45, 7) is 9.10. The molecular weight excluding hydrogens is 290 g/mol. The molecule has 0 saturated heterocycles. The number of rotatable bonds is 8. The number of benzene rings is 1. The third kappa shape index (κ3) is 5.51. The zero-order valence-corrected chi connectivity index (χ0v) is 13.2. The van der Waals surface area contributed by atoms with Crippen LogP contribution in [-0.2, 0) is 17.9 Å². The third-order valence-corrected chi connectivity index (χ3v) is 3.71. The lowest BCUT2D eigenvalue weighted by molar-refractivity contribution is 0.0505. The van der Waals surface area contributed by atoms with Gasteiger partial charge in [-0.3, -0.25) is 0 Å². The molecule has 0 saturated carbocycles. The number of ether oxygens (including phenoxy) is 1. The maximum absolute atomic E-state index is 5.75. The highest BCUT2D eigenvalue weighted by molar-refractivity contribution is 9.10. The monoisotopic (exact) mass is 313 g/mol. The first-order valence-corrected chi connectivity index (χ1v) is 7.56. The van der Waals surface area contributed by atoms with Gasteiger partial charge in [0.15, 0.2) is 0 Å². The van der Waals surface area contributed by atoms with E-state index in [4.69, 9.17) is 4.74 Å². The van der Waals surface area contributed by atoms with Crippen molar-refractivity contribution in [1.29, 1.82) is 0 Å². The normalized spacial score (nSPS) is 12.7. The maximum atomic E-state index is 5.75. The fourth-order valence-electron chi connectivity index (χ4n) is 1.58. The van der Waals surface area contributed by atoms with Crippen LogP contribution in [0.5, 0.6) is 0 Å². The first-order chi connectivity index (χ1) is 8.67. The minimum absolute atomic E-state index is 0.322. The van der Waals surface area contributed by atoms with Gasteiger partial charge in [-0.1, -0.05) is 41.9 Å². The lowest BCUT2D eigenvalue weighted by Crippen LogP contribution is -2.13. The van der Waals surface area contributed by atoms with Crippen LogP contribution >= 0.6 is 15.9 Å². The van der Waals surface area contributed by atoms with Crippen LogP contribution in [0.2, 0.25) is 0 Å². The van der Waals surface area contributed by atoms with E-state index >= 15 is 0 Å². The summed E-state index contributed by atoms with van der Waals surface area (Å²) in [6, 6.07) is 6.50. The van der Waals surface area contributed by atoms with E-state index in [-0.39, 0.29) is 0 Å². The number of halogens is 1. The largest absolute Gasteiger partial charge is 0.374 e. The second-order valence-electron chi connectivity index (χ2n) is 4.63. The average Bonchev–Trinajstić information content (AvgIpc) is 2.37. The summed E-state index contributed by atoms with van der Waals surface area (Å²) in [5, 5.41) is 3.41. The molecule has 0 spiro atoms. The average molecular weight is 314 g/mol. The van der Waals surface area contributed by atoms with E-state index < -0.39 is 0 Å². The Bertz CT molecular complexity index is 354. The van der Waals surface area contributed by atoms with E-state index in [0.717, 1.165) is 24.0 Å². The molecule has 0 amide bonds. The molecule has 0 bridgehead atoms. The summed E-state index contributed by atoms with van der Waals surface area (Å²) < 4.78 is 6.89. The lowest BCUT2D eigenvalue weighted by Gasteiger charge is -2.12. The van der Waals surface area contributed by atoms with Gasteiger partial charge in [-0.25, -0.2) is 0 Å². The van der Waals surface area contributed by atoms with Gasteiger partial charge in [0.05, 0.1) is 12.7 Å². The van der Waals surface area contributed by atoms with Crippen LogP contribution < -0.4 is 5.32 Å². The molecule has 0 fully saturated rings. The van der Waals surface area contributed by atoms with Gasteiger partial charge in [-0.2, -0.15) is 0 Å². The minimum atomic E-state index is 0.322. The third-order valence-electron chi connectivity index (χ3n) is 2.97. The Morgan fingerprint density at radius 3 is 2.72 bits per heavy atom. The fourth-order valence-corrected chi connectivity index (χ4v) is 2.12. The number of hydrogen-bond donors (Lipinski definition) is 1. The molecule has 0 aromatic heterocycles. The molecule has 1 aromatic rings. The molecule has 1 aromatic carbocycles. The Hall–Kier alpha value is -0.380. The molecule has 0 aliphatic rings. The van der Waals surface area contributed by atoms with Crippen LogP contribution in [0, 0.1) is 0 Å². The first kappa shape index (κ1) is 15.7. The second-order valence-corrected chi connectivity index (χ2v) is 5.49. The summed E-state index contributed by atoms with van der Waals surface area (Å²) >= 11 is 3.62. The van der Waals surface area contributed by atoms with Crippen LogP contribution in [0.3, 0.4) is 0 Å². The maximum Gasteiger partial charge on any atom is 0.0731 e. The van der Waals surface area contributed by atoms with Crippen molar-refractivity contribution in [3.63, 3.8) is 0 Å². The van der Waals surface area contributed by atoms with Crippen molar-refractivity contribution in [2.24, 2.45) is 0 Å². The van der Waals surface area contributed by atoms with Gasteiger partial charge < -0.3 is 10.1 Å². The molecular formula is C15H24BrNO. The predicted octanol–water partition coefficient (Wildman–Crippen LogP) is 4.26. The second kappa shape index (κ2) is 8.68. The molecule has 2 nitrogen and oxygen atoms in total. The van der Waals surface area contributed by atoms with Crippen molar-refractivity contribution in [3.05, 3.63) is 33.8 Å². The predicted molar refractivity (Wildman–Crippen MR) is 80.7 cm³/mol. The quantitative estimate of drug-likeness (QED) is 0.724. The van der Waals surface area contributed by atoms with Crippen LogP contribution in [-0.4, -0.2) is 12.6 Å². The van der Waals surface area contributed by atoms with E-state index in [2.05, 4.69) is 60.2 Å². The van der Waals surface area contributed by atoms with Crippen molar-refractivity contribution in [2.75, 3.05) is 6.54 Å². The Morgan fingerprint density at radius 2 is 2.11 bits per heavy atom. The van der Waals surface area contributed by atoms with Crippen LogP contribution in [0.4, 0.5) is 0 Å². The molecule has 1 N–H and O–H groups in total. The highest BCUT2D eigenvalue weighted by Crippen LogP contribution is 2.20. The van der Waals surface area contributed by atoms with Gasteiger partial charge in [0.25, 0.3) is 0 Å². The minimum Gasteiger partial charge on any atom is -0.374 e. The van der Waals surface area contributed by atoms with Gasteiger partial charge >= 0.3 is 0 Å². The fraction of sp³-hybridized carbons (Fsp3) is 0.600. The molecule has 1 rings (SSSR count). The van der Waals surface area contributed by atoms with E-state index in [1.165, 1.54) is 17.5 Å². The Labute approximate surface area is 119 Å². The summed E-state index contributed by atoms with van der Waals surface area (Å²) in [7, 11) is 0. The van der Waals surface area contributed by atoms with Crippen LogP contribution in [0.15, 0.2) is 22.7 Å². The molecule has 0 aliphatic carbocycles. The van der Waals surface area contributed by atoms with Gasteiger partial charge in [0.1, 0.15) is 0 Å². The van der Waals surface area contributed by atoms with Gasteiger partial charge in [-0.05, 0) is 43.5 Å². The summed E-state index contributed by atoms with van der Waals surface area (Å²) in [4.78, 5) is 0. The Kier molecular flexibility index (Phi) is 7.56. The van der Waals surface area contributed by atoms with Gasteiger partial charge in [0.2, 0.25) is 0 Å². The zero-order valence-electron chi connectivity index (χ0n) is 11.6. The highest BCUT2D eigenvalue weighted by atomic mass is 79.9. The molecule has 1 unspecified atom stereocenters. The van der Waals surface area contributed by atoms with E-state index in [1.807, 2.05) is 0 Å². The molecule has 18 heavy (non-hydrogen) atoms. The summed E-state index contributed by atoms with van der Waals surface area (Å²) in [5.41, 5.74) is 2.53. The van der Waals surface area contributed by atoms with Crippen LogP contribution in [0.25, 0.3) is 0 Å². The lowest BCUT2D eigenvalue weighted by atomic mass is 10.1. The first-order valence-electron chi connectivity index (χ1n) is 6.77. The van der Waals surface area contributed by atoms with Gasteiger partial charge in [0, 0.05) is 11.0 Å². The van der Waals surface area contributed by atoms with E-state index in [9.17, 15) is 0 Å². The zero-order chi connectivity index (χ0) is 13.4. The highest BCUT2D eigenvalue weighted by Gasteiger charge is 2.04.